The minimum atomic E-state index is -1.79. The van der Waals surface area contributed by atoms with Gasteiger partial charge in [-0.05, 0) is 77.6 Å². The SMILES string of the molecule is CCc1ccc(C2CCc3c(F)c(-c4cc(F)c(F)c(F)c4)c(F)c(F)c3C2)c(F)c1. The van der Waals surface area contributed by atoms with Crippen molar-refractivity contribution >= 4 is 0 Å². The lowest BCUT2D eigenvalue weighted by atomic mass is 9.78. The molecule has 0 nitrogen and oxygen atoms in total. The van der Waals surface area contributed by atoms with Crippen LogP contribution in [0.4, 0.5) is 30.7 Å². The zero-order chi connectivity index (χ0) is 22.4. The molecule has 1 unspecified atom stereocenters. The van der Waals surface area contributed by atoms with E-state index in [4.69, 9.17) is 0 Å². The fraction of sp³-hybridized carbons (Fsp3) is 0.250. The van der Waals surface area contributed by atoms with Crippen LogP contribution in [0.5, 0.6) is 0 Å². The zero-order valence-corrected chi connectivity index (χ0v) is 16.4. The van der Waals surface area contributed by atoms with Gasteiger partial charge in [0.25, 0.3) is 0 Å². The minimum absolute atomic E-state index is 0.0167. The first kappa shape index (κ1) is 21.4. The van der Waals surface area contributed by atoms with Gasteiger partial charge < -0.3 is 0 Å². The molecule has 3 aromatic rings. The monoisotopic (exact) mass is 438 g/mol. The molecule has 7 heteroatoms. The Morgan fingerprint density at radius 3 is 2.03 bits per heavy atom. The van der Waals surface area contributed by atoms with Crippen molar-refractivity contribution in [2.24, 2.45) is 0 Å². The Morgan fingerprint density at radius 2 is 1.42 bits per heavy atom. The first-order valence-corrected chi connectivity index (χ1v) is 9.84. The molecule has 0 heterocycles. The molecule has 0 radical (unpaired) electrons. The molecular formula is C24H17F7. The van der Waals surface area contributed by atoms with Crippen molar-refractivity contribution in [3.8, 4) is 11.1 Å². The van der Waals surface area contributed by atoms with Gasteiger partial charge >= 0.3 is 0 Å². The highest BCUT2D eigenvalue weighted by Gasteiger charge is 2.32. The van der Waals surface area contributed by atoms with Crippen LogP contribution in [-0.4, -0.2) is 0 Å². The first-order chi connectivity index (χ1) is 14.7. The van der Waals surface area contributed by atoms with Crippen LogP contribution in [0, 0.1) is 40.7 Å². The zero-order valence-electron chi connectivity index (χ0n) is 16.4. The Labute approximate surface area is 174 Å². The maximum atomic E-state index is 15.1. The standard InChI is InChI=1S/C24H17F7/c1-2-11-3-5-14(17(25)7-11)12-4-6-15-16(8-12)22(29)24(31)20(21(15)28)13-9-18(26)23(30)19(27)10-13/h3,5,7,9-10,12H,2,4,6,8H2,1H3. The van der Waals surface area contributed by atoms with E-state index in [2.05, 4.69) is 0 Å². The molecule has 0 aromatic heterocycles. The van der Waals surface area contributed by atoms with Crippen molar-refractivity contribution in [3.63, 3.8) is 0 Å². The molecule has 0 saturated heterocycles. The second-order valence-corrected chi connectivity index (χ2v) is 7.68. The molecule has 1 aliphatic rings. The summed E-state index contributed by atoms with van der Waals surface area (Å²) in [6.07, 6.45) is 0.785. The molecule has 31 heavy (non-hydrogen) atoms. The van der Waals surface area contributed by atoms with Crippen molar-refractivity contribution in [1.82, 2.24) is 0 Å². The van der Waals surface area contributed by atoms with E-state index >= 15 is 4.39 Å². The van der Waals surface area contributed by atoms with E-state index in [-0.39, 0.29) is 30.4 Å². The van der Waals surface area contributed by atoms with E-state index in [9.17, 15) is 26.3 Å². The highest BCUT2D eigenvalue weighted by Crippen LogP contribution is 2.41. The molecule has 3 aromatic carbocycles. The van der Waals surface area contributed by atoms with Gasteiger partial charge in [-0.25, -0.2) is 30.7 Å². The predicted octanol–water partition coefficient (Wildman–Crippen LogP) is 7.16. The van der Waals surface area contributed by atoms with Gasteiger partial charge in [0.05, 0.1) is 5.56 Å². The number of rotatable bonds is 3. The second-order valence-electron chi connectivity index (χ2n) is 7.68. The summed E-state index contributed by atoms with van der Waals surface area (Å²) in [6, 6.07) is 5.59. The molecule has 0 N–H and O–H groups in total. The van der Waals surface area contributed by atoms with E-state index in [0.29, 0.717) is 24.1 Å². The smallest absolute Gasteiger partial charge is 0.194 e. The van der Waals surface area contributed by atoms with Crippen molar-refractivity contribution in [1.29, 1.82) is 0 Å². The van der Waals surface area contributed by atoms with E-state index in [0.717, 1.165) is 5.56 Å². The van der Waals surface area contributed by atoms with Gasteiger partial charge in [0, 0.05) is 0 Å². The van der Waals surface area contributed by atoms with Crippen LogP contribution in [0.2, 0.25) is 0 Å². The number of hydrogen-bond acceptors (Lipinski definition) is 0. The molecule has 0 aliphatic heterocycles. The van der Waals surface area contributed by atoms with Gasteiger partial charge in [-0.1, -0.05) is 19.1 Å². The van der Waals surface area contributed by atoms with Crippen molar-refractivity contribution < 1.29 is 30.7 Å². The third-order valence-corrected chi connectivity index (χ3v) is 5.90. The van der Waals surface area contributed by atoms with E-state index in [1.165, 1.54) is 6.07 Å². The summed E-state index contributed by atoms with van der Waals surface area (Å²) in [6.45, 7) is 1.88. The van der Waals surface area contributed by atoms with Crippen molar-refractivity contribution in [2.75, 3.05) is 0 Å². The Morgan fingerprint density at radius 1 is 0.742 bits per heavy atom. The van der Waals surface area contributed by atoms with Gasteiger partial charge in [-0.3, -0.25) is 0 Å². The third-order valence-electron chi connectivity index (χ3n) is 5.90. The molecular weight excluding hydrogens is 421 g/mol. The van der Waals surface area contributed by atoms with Crippen LogP contribution in [0.1, 0.15) is 41.5 Å². The van der Waals surface area contributed by atoms with Crippen LogP contribution < -0.4 is 0 Å². The summed E-state index contributed by atoms with van der Waals surface area (Å²) in [7, 11) is 0. The average molecular weight is 438 g/mol. The fourth-order valence-corrected chi connectivity index (χ4v) is 4.24. The second kappa shape index (κ2) is 8.02. The normalized spacial score (nSPS) is 15.8. The molecule has 1 atom stereocenters. The van der Waals surface area contributed by atoms with Crippen LogP contribution in [-0.2, 0) is 19.3 Å². The highest BCUT2D eigenvalue weighted by molar-refractivity contribution is 5.67. The summed E-state index contributed by atoms with van der Waals surface area (Å²) in [4.78, 5) is 0. The minimum Gasteiger partial charge on any atom is -0.207 e. The topological polar surface area (TPSA) is 0 Å². The molecule has 162 valence electrons. The fourth-order valence-electron chi connectivity index (χ4n) is 4.24. The maximum absolute atomic E-state index is 15.1. The van der Waals surface area contributed by atoms with E-state index in [1.54, 1.807) is 12.1 Å². The van der Waals surface area contributed by atoms with Gasteiger partial charge in [0.1, 0.15) is 11.6 Å². The molecule has 1 aliphatic carbocycles. The van der Waals surface area contributed by atoms with Crippen molar-refractivity contribution in [2.45, 2.75) is 38.5 Å². The number of fused-ring (bicyclic) bond motifs is 1. The summed E-state index contributed by atoms with van der Waals surface area (Å²) >= 11 is 0. The van der Waals surface area contributed by atoms with Gasteiger partial charge in [-0.15, -0.1) is 0 Å². The Hall–Kier alpha value is -2.83. The number of aryl methyl sites for hydroxylation is 1. The largest absolute Gasteiger partial charge is 0.207 e. The number of halogens is 7. The van der Waals surface area contributed by atoms with Crippen LogP contribution in [0.15, 0.2) is 30.3 Å². The Kier molecular flexibility index (Phi) is 5.54. The molecule has 4 rings (SSSR count). The van der Waals surface area contributed by atoms with E-state index in [1.807, 2.05) is 6.92 Å². The quantitative estimate of drug-likeness (QED) is 0.231. The Bertz CT molecular complexity index is 1160. The van der Waals surface area contributed by atoms with Crippen LogP contribution >= 0.6 is 0 Å². The number of hydrogen-bond donors (Lipinski definition) is 0. The lowest BCUT2D eigenvalue weighted by molar-refractivity contribution is 0.444. The lowest BCUT2D eigenvalue weighted by Crippen LogP contribution is -2.19. The summed E-state index contributed by atoms with van der Waals surface area (Å²) in [5.41, 5.74) is -0.806. The van der Waals surface area contributed by atoms with Crippen molar-refractivity contribution in [3.05, 3.63) is 93.3 Å². The molecule has 0 amide bonds. The van der Waals surface area contributed by atoms with Gasteiger partial charge in [0.15, 0.2) is 29.1 Å². The lowest BCUT2D eigenvalue weighted by Gasteiger charge is -2.27. The molecule has 0 spiro atoms. The van der Waals surface area contributed by atoms with Gasteiger partial charge in [0.2, 0.25) is 0 Å². The summed E-state index contributed by atoms with van der Waals surface area (Å²) in [5, 5.41) is 0. The molecule has 0 fully saturated rings. The first-order valence-electron chi connectivity index (χ1n) is 9.84. The predicted molar refractivity (Wildman–Crippen MR) is 102 cm³/mol. The molecule has 0 bridgehead atoms. The van der Waals surface area contributed by atoms with Crippen LogP contribution in [0.3, 0.4) is 0 Å². The highest BCUT2D eigenvalue weighted by atomic mass is 19.2. The third kappa shape index (κ3) is 3.60. The summed E-state index contributed by atoms with van der Waals surface area (Å²) < 4.78 is 99.7. The summed E-state index contributed by atoms with van der Waals surface area (Å²) in [5.74, 6) is -10.1. The van der Waals surface area contributed by atoms with Gasteiger partial charge in [-0.2, -0.15) is 0 Å². The maximum Gasteiger partial charge on any atom is 0.194 e. The van der Waals surface area contributed by atoms with Crippen LogP contribution in [0.25, 0.3) is 11.1 Å². The Balaban J connectivity index is 1.79. The molecule has 0 saturated carbocycles. The average Bonchev–Trinajstić information content (AvgIpc) is 2.75. The van der Waals surface area contributed by atoms with E-state index < -0.39 is 57.8 Å². The number of benzene rings is 3.